The zero-order valence-corrected chi connectivity index (χ0v) is 39.6. The van der Waals surface area contributed by atoms with Crippen molar-refractivity contribution in [3.63, 3.8) is 0 Å². The van der Waals surface area contributed by atoms with Gasteiger partial charge in [-0.1, -0.05) is 12.1 Å². The number of fused-ring (bicyclic) bond motifs is 2. The Morgan fingerprint density at radius 1 is 0.373 bits per heavy atom. The molecule has 0 spiro atoms. The lowest BCUT2D eigenvalue weighted by atomic mass is 10.2. The zero-order valence-electron chi connectivity index (χ0n) is 39.6. The third-order valence-electron chi connectivity index (χ3n) is 10.0. The molecule has 18 nitrogen and oxygen atoms in total. The third kappa shape index (κ3) is 23.1. The van der Waals surface area contributed by atoms with Crippen molar-refractivity contribution < 1.29 is 56.8 Å². The van der Waals surface area contributed by atoms with Crippen LogP contribution in [0.2, 0.25) is 0 Å². The highest BCUT2D eigenvalue weighted by atomic mass is 16.6. The molecule has 3 heterocycles. The summed E-state index contributed by atoms with van der Waals surface area (Å²) in [6.45, 7) is 16.7. The van der Waals surface area contributed by atoms with Crippen LogP contribution in [0.1, 0.15) is 31.4 Å². The van der Waals surface area contributed by atoms with Gasteiger partial charge in [0, 0.05) is 73.6 Å². The predicted octanol–water partition coefficient (Wildman–Crippen LogP) is 4.48. The van der Waals surface area contributed by atoms with Gasteiger partial charge < -0.3 is 67.5 Å². The van der Waals surface area contributed by atoms with Crippen LogP contribution in [0.5, 0.6) is 23.0 Å². The van der Waals surface area contributed by atoms with Crippen molar-refractivity contribution >= 4 is 24.9 Å². The lowest BCUT2D eigenvalue weighted by Crippen LogP contribution is -2.16. The Balaban J connectivity index is 1.15. The smallest absolute Gasteiger partial charge is 0.161 e. The first-order chi connectivity index (χ1) is 33.2. The van der Waals surface area contributed by atoms with E-state index in [1.165, 1.54) is 0 Å². The third-order valence-corrected chi connectivity index (χ3v) is 10.0. The summed E-state index contributed by atoms with van der Waals surface area (Å²) in [5.74, 6) is 2.58. The molecule has 2 N–H and O–H groups in total. The number of nitrogens with one attached hydrogen (secondary N) is 2. The minimum Gasteiger partial charge on any atom is -0.487 e. The number of allylic oxidation sites excluding steroid dienone is 4. The maximum Gasteiger partial charge on any atom is 0.161 e. The van der Waals surface area contributed by atoms with E-state index in [1.807, 2.05) is 75.1 Å². The van der Waals surface area contributed by atoms with Crippen molar-refractivity contribution in [1.82, 2.24) is 10.6 Å². The van der Waals surface area contributed by atoms with Crippen LogP contribution < -0.4 is 29.6 Å². The fourth-order valence-corrected chi connectivity index (χ4v) is 6.30. The predicted molar refractivity (Wildman–Crippen MR) is 259 cm³/mol. The number of nitrogens with zero attached hydrogens (tertiary/aromatic N) is 4. The molecule has 5 rings (SSSR count). The van der Waals surface area contributed by atoms with Crippen LogP contribution in [0.3, 0.4) is 0 Å². The number of hydrogen-bond donors (Lipinski definition) is 2. The average molecular weight is 937 g/mol. The van der Waals surface area contributed by atoms with E-state index in [0.717, 1.165) is 40.1 Å². The van der Waals surface area contributed by atoms with Crippen LogP contribution >= 0.6 is 0 Å². The summed E-state index contributed by atoms with van der Waals surface area (Å²) < 4.78 is 69.2. The summed E-state index contributed by atoms with van der Waals surface area (Å²) in [7, 11) is 0. The molecule has 0 amide bonds. The standard InChI is InChI=1S/C49H72N6O12/c1-40(54-34-42-4-6-46-48(32-42)66-30-26-62-22-18-58-14-12-56-16-20-60-24-28-64-46)44-36-50-8-3-9-51-37-45(39-53-11-10-52-38-44)41(2)55-35-43-5-7-47-49(33-43)67-31-27-63-23-19-59-15-13-57-17-21-61-25-29-65-47/h4-7,32-33,36-39,54-55H,3,8-31,34-35H2,1-2H3/b44-40-,45-41+,50-36?,51-37?,52-38?,53-39?. The van der Waals surface area contributed by atoms with E-state index < -0.39 is 0 Å². The van der Waals surface area contributed by atoms with Crippen molar-refractivity contribution in [2.24, 2.45) is 20.0 Å². The van der Waals surface area contributed by atoms with Gasteiger partial charge in [0.1, 0.15) is 26.4 Å². The van der Waals surface area contributed by atoms with E-state index in [0.29, 0.717) is 194 Å². The Bertz CT molecular complexity index is 1740. The second-order valence-electron chi connectivity index (χ2n) is 15.2. The summed E-state index contributed by atoms with van der Waals surface area (Å²) in [5.41, 5.74) is 5.71. The van der Waals surface area contributed by atoms with E-state index >= 15 is 0 Å². The Morgan fingerprint density at radius 2 is 0.657 bits per heavy atom. The summed E-state index contributed by atoms with van der Waals surface area (Å²) >= 11 is 0. The molecule has 18 heteroatoms. The lowest BCUT2D eigenvalue weighted by Gasteiger charge is -2.16. The zero-order chi connectivity index (χ0) is 46.7. The molecule has 3 aliphatic heterocycles. The molecular formula is C49H72N6O12. The Morgan fingerprint density at radius 3 is 0.985 bits per heavy atom. The molecule has 0 saturated carbocycles. The SMILES string of the molecule is C/C(NCc1ccc2c(c1)OCCOCCOCCOCCOCCO2)=C1\C=NCCCN=C/C(=C(/C)NCc2ccc3c(c2)OCCOCCOCCOCCOCCO3)C=NCCN=C1. The minimum absolute atomic E-state index is 0.373. The van der Waals surface area contributed by atoms with Crippen molar-refractivity contribution in [2.45, 2.75) is 33.4 Å². The Labute approximate surface area is 396 Å². The molecule has 0 fully saturated rings. The van der Waals surface area contributed by atoms with E-state index in [-0.39, 0.29) is 0 Å². The normalized spacial score (nSPS) is 20.9. The molecule has 67 heavy (non-hydrogen) atoms. The number of aliphatic imine (C=N–C) groups is 4. The Hall–Kier alpha value is -4.92. The van der Waals surface area contributed by atoms with Crippen LogP contribution in [-0.4, -0.2) is 183 Å². The van der Waals surface area contributed by atoms with Gasteiger partial charge in [-0.05, 0) is 55.7 Å². The average Bonchev–Trinajstić information content (AvgIpc) is 3.35. The summed E-state index contributed by atoms with van der Waals surface area (Å²) in [6.07, 6.45) is 8.25. The second-order valence-corrected chi connectivity index (χ2v) is 15.2. The van der Waals surface area contributed by atoms with Crippen LogP contribution in [0.15, 0.2) is 78.9 Å². The molecule has 0 saturated heterocycles. The van der Waals surface area contributed by atoms with E-state index in [1.54, 1.807) is 0 Å². The van der Waals surface area contributed by atoms with Crippen molar-refractivity contribution in [3.05, 3.63) is 70.1 Å². The van der Waals surface area contributed by atoms with Gasteiger partial charge in [-0.25, -0.2) is 0 Å². The van der Waals surface area contributed by atoms with Crippen LogP contribution in [0.25, 0.3) is 0 Å². The van der Waals surface area contributed by atoms with Crippen LogP contribution in [0, 0.1) is 0 Å². The number of rotatable bonds is 6. The van der Waals surface area contributed by atoms with Gasteiger partial charge in [0.15, 0.2) is 23.0 Å². The quantitative estimate of drug-likeness (QED) is 0.414. The number of hydrogen-bond acceptors (Lipinski definition) is 18. The molecule has 0 bridgehead atoms. The van der Waals surface area contributed by atoms with Gasteiger partial charge >= 0.3 is 0 Å². The largest absolute Gasteiger partial charge is 0.487 e. The molecule has 0 aromatic heterocycles. The minimum atomic E-state index is 0.373. The van der Waals surface area contributed by atoms with Crippen LogP contribution in [-0.2, 0) is 51.0 Å². The molecule has 0 unspecified atom stereocenters. The molecule has 370 valence electrons. The first-order valence-corrected chi connectivity index (χ1v) is 23.4. The van der Waals surface area contributed by atoms with E-state index in [9.17, 15) is 0 Å². The second kappa shape index (κ2) is 34.4. The molecule has 0 radical (unpaired) electrons. The highest BCUT2D eigenvalue weighted by molar-refractivity contribution is 6.05. The maximum atomic E-state index is 6.12. The Kier molecular flexibility index (Phi) is 27.2. The highest BCUT2D eigenvalue weighted by Crippen LogP contribution is 2.30. The maximum absolute atomic E-state index is 6.12. The number of benzene rings is 2. The van der Waals surface area contributed by atoms with Gasteiger partial charge in [-0.15, -0.1) is 0 Å². The van der Waals surface area contributed by atoms with Gasteiger partial charge in [0.2, 0.25) is 0 Å². The first kappa shape index (κ1) is 53.0. The monoisotopic (exact) mass is 937 g/mol. The summed E-state index contributed by atoms with van der Waals surface area (Å²) in [6, 6.07) is 11.9. The van der Waals surface area contributed by atoms with Crippen molar-refractivity contribution in [3.8, 4) is 23.0 Å². The molecular weight excluding hydrogens is 865 g/mol. The van der Waals surface area contributed by atoms with Gasteiger partial charge in [-0.2, -0.15) is 0 Å². The molecule has 2 aromatic carbocycles. The highest BCUT2D eigenvalue weighted by Gasteiger charge is 2.11. The molecule has 0 aliphatic carbocycles. The lowest BCUT2D eigenvalue weighted by molar-refractivity contribution is -0.00842. The van der Waals surface area contributed by atoms with Gasteiger partial charge in [0.25, 0.3) is 0 Å². The molecule has 3 aliphatic rings. The summed E-state index contributed by atoms with van der Waals surface area (Å²) in [4.78, 5) is 18.9. The topological polar surface area (TPSA) is 184 Å². The van der Waals surface area contributed by atoms with Crippen LogP contribution in [0.4, 0.5) is 0 Å². The molecule has 0 atom stereocenters. The van der Waals surface area contributed by atoms with Gasteiger partial charge in [-0.3, -0.25) is 20.0 Å². The number of ether oxygens (including phenoxy) is 12. The van der Waals surface area contributed by atoms with Crippen molar-refractivity contribution in [1.29, 1.82) is 0 Å². The first-order valence-electron chi connectivity index (χ1n) is 23.4. The van der Waals surface area contributed by atoms with Crippen molar-refractivity contribution in [2.75, 3.05) is 158 Å². The van der Waals surface area contributed by atoms with Gasteiger partial charge in [0.05, 0.1) is 119 Å². The fourth-order valence-electron chi connectivity index (χ4n) is 6.30. The fraction of sp³-hybridized carbons (Fsp3) is 0.592. The summed E-state index contributed by atoms with van der Waals surface area (Å²) in [5, 5.41) is 7.09. The van der Waals surface area contributed by atoms with E-state index in [4.69, 9.17) is 76.8 Å². The molecule has 2 aromatic rings. The van der Waals surface area contributed by atoms with E-state index in [2.05, 4.69) is 10.6 Å².